The molecular formula is C22H29N3O2. The van der Waals surface area contributed by atoms with Crippen LogP contribution in [0.4, 0.5) is 0 Å². The van der Waals surface area contributed by atoms with Gasteiger partial charge in [0.05, 0.1) is 0 Å². The molecule has 1 saturated carbocycles. The van der Waals surface area contributed by atoms with E-state index in [-0.39, 0.29) is 5.91 Å². The molecular weight excluding hydrogens is 338 g/mol. The molecule has 2 aliphatic rings. The second kappa shape index (κ2) is 7.37. The third-order valence-electron chi connectivity index (χ3n) is 6.32. The molecule has 27 heavy (non-hydrogen) atoms. The van der Waals surface area contributed by atoms with Crippen molar-refractivity contribution in [3.63, 3.8) is 0 Å². The molecule has 2 fully saturated rings. The van der Waals surface area contributed by atoms with E-state index in [1.807, 2.05) is 30.9 Å². The van der Waals surface area contributed by atoms with Crippen LogP contribution < -0.4 is 0 Å². The van der Waals surface area contributed by atoms with Gasteiger partial charge < -0.3 is 9.42 Å². The van der Waals surface area contributed by atoms with Crippen LogP contribution in [0.2, 0.25) is 0 Å². The highest BCUT2D eigenvalue weighted by atomic mass is 16.5. The topological polar surface area (TPSA) is 51.3 Å². The molecule has 144 valence electrons. The van der Waals surface area contributed by atoms with E-state index < -0.39 is 0 Å². The molecule has 0 bridgehead atoms. The largest absolute Gasteiger partial charge is 0.360 e. The smallest absolute Gasteiger partial charge is 0.246 e. The van der Waals surface area contributed by atoms with Crippen LogP contribution in [0.1, 0.15) is 54.8 Å². The highest BCUT2D eigenvalue weighted by molar-refractivity contribution is 5.92. The Morgan fingerprint density at radius 3 is 2.67 bits per heavy atom. The van der Waals surface area contributed by atoms with Gasteiger partial charge in [0.25, 0.3) is 0 Å². The molecule has 1 aliphatic carbocycles. The van der Waals surface area contributed by atoms with Crippen LogP contribution in [0.25, 0.3) is 11.9 Å². The van der Waals surface area contributed by atoms with Gasteiger partial charge in [-0.05, 0) is 63.2 Å². The average Bonchev–Trinajstić information content (AvgIpc) is 3.21. The second-order valence-corrected chi connectivity index (χ2v) is 8.17. The number of aromatic nitrogens is 2. The summed E-state index contributed by atoms with van der Waals surface area (Å²) in [6.45, 7) is 7.82. The van der Waals surface area contributed by atoms with Crippen molar-refractivity contribution in [1.82, 2.24) is 14.6 Å². The number of piperidine rings is 1. The molecule has 2 atom stereocenters. The summed E-state index contributed by atoms with van der Waals surface area (Å²) in [4.78, 5) is 14.8. The van der Waals surface area contributed by atoms with Crippen LogP contribution in [0.5, 0.6) is 0 Å². The van der Waals surface area contributed by atoms with Crippen molar-refractivity contribution >= 4 is 12.0 Å². The maximum atomic E-state index is 12.7. The Hall–Kier alpha value is -2.30. The molecule has 2 aromatic heterocycles. The number of amides is 1. The lowest BCUT2D eigenvalue weighted by Crippen LogP contribution is -2.44. The minimum Gasteiger partial charge on any atom is -0.360 e. The minimum absolute atomic E-state index is 0.140. The zero-order valence-electron chi connectivity index (χ0n) is 16.6. The molecule has 5 heteroatoms. The van der Waals surface area contributed by atoms with Gasteiger partial charge in [0.1, 0.15) is 5.76 Å². The summed E-state index contributed by atoms with van der Waals surface area (Å²) in [6, 6.07) is 4.02. The maximum absolute atomic E-state index is 12.7. The van der Waals surface area contributed by atoms with Crippen molar-refractivity contribution in [3.05, 3.63) is 40.9 Å². The lowest BCUT2D eigenvalue weighted by atomic mass is 9.75. The van der Waals surface area contributed by atoms with Crippen LogP contribution in [0.3, 0.4) is 0 Å². The summed E-state index contributed by atoms with van der Waals surface area (Å²) in [6.07, 6.45) is 10.2. The maximum Gasteiger partial charge on any atom is 0.246 e. The van der Waals surface area contributed by atoms with Crippen molar-refractivity contribution < 1.29 is 9.32 Å². The number of nitrogens with zero attached hydrogens (tertiary/aromatic N) is 3. The molecule has 1 saturated heterocycles. The van der Waals surface area contributed by atoms with Crippen LogP contribution in [0.15, 0.2) is 22.7 Å². The Morgan fingerprint density at radius 2 is 1.93 bits per heavy atom. The first-order valence-electron chi connectivity index (χ1n) is 10.1. The fourth-order valence-corrected chi connectivity index (χ4v) is 4.84. The van der Waals surface area contributed by atoms with E-state index in [2.05, 4.69) is 22.7 Å². The molecule has 0 aromatic carbocycles. The van der Waals surface area contributed by atoms with Crippen LogP contribution >= 0.6 is 0 Å². The molecule has 1 amide bonds. The summed E-state index contributed by atoms with van der Waals surface area (Å²) in [5.41, 5.74) is 3.20. The highest BCUT2D eigenvalue weighted by Crippen LogP contribution is 2.36. The Bertz CT molecular complexity index is 861. The first-order valence-corrected chi connectivity index (χ1v) is 10.1. The molecule has 0 N–H and O–H groups in total. The molecule has 0 unspecified atom stereocenters. The summed E-state index contributed by atoms with van der Waals surface area (Å²) < 4.78 is 7.27. The van der Waals surface area contributed by atoms with E-state index in [4.69, 9.17) is 4.52 Å². The minimum atomic E-state index is 0.140. The summed E-state index contributed by atoms with van der Waals surface area (Å²) >= 11 is 0. The van der Waals surface area contributed by atoms with Gasteiger partial charge in [-0.2, -0.15) is 0 Å². The predicted octanol–water partition coefficient (Wildman–Crippen LogP) is 4.44. The van der Waals surface area contributed by atoms with Gasteiger partial charge in [0, 0.05) is 36.6 Å². The Kier molecular flexibility index (Phi) is 4.94. The number of fused-ring (bicyclic) bond motifs is 1. The lowest BCUT2D eigenvalue weighted by Gasteiger charge is -2.41. The number of likely N-dealkylation sites (tertiary alicyclic amines) is 1. The van der Waals surface area contributed by atoms with Gasteiger partial charge in [-0.1, -0.05) is 24.4 Å². The second-order valence-electron chi connectivity index (χ2n) is 8.17. The van der Waals surface area contributed by atoms with Crippen LogP contribution in [-0.4, -0.2) is 33.6 Å². The number of carbonyl (C=O) groups is 1. The molecule has 2 aromatic rings. The van der Waals surface area contributed by atoms with Crippen molar-refractivity contribution in [2.24, 2.45) is 11.8 Å². The van der Waals surface area contributed by atoms with E-state index in [9.17, 15) is 4.79 Å². The quantitative estimate of drug-likeness (QED) is 0.754. The van der Waals surface area contributed by atoms with Crippen molar-refractivity contribution in [1.29, 1.82) is 0 Å². The normalized spacial score (nSPS) is 23.0. The Labute approximate surface area is 161 Å². The summed E-state index contributed by atoms with van der Waals surface area (Å²) in [5, 5.41) is 4.12. The van der Waals surface area contributed by atoms with Gasteiger partial charge in [-0.3, -0.25) is 9.36 Å². The van der Waals surface area contributed by atoms with E-state index in [0.29, 0.717) is 5.92 Å². The van der Waals surface area contributed by atoms with Crippen molar-refractivity contribution in [3.8, 4) is 5.82 Å². The van der Waals surface area contributed by atoms with E-state index in [1.165, 1.54) is 32.1 Å². The van der Waals surface area contributed by atoms with Crippen LogP contribution in [-0.2, 0) is 4.79 Å². The van der Waals surface area contributed by atoms with Crippen molar-refractivity contribution in [2.45, 2.75) is 52.9 Å². The molecule has 1 aliphatic heterocycles. The number of rotatable bonds is 3. The first-order chi connectivity index (χ1) is 13.0. The van der Waals surface area contributed by atoms with Gasteiger partial charge in [0.15, 0.2) is 5.82 Å². The highest BCUT2D eigenvalue weighted by Gasteiger charge is 2.32. The van der Waals surface area contributed by atoms with E-state index in [0.717, 1.165) is 47.5 Å². The van der Waals surface area contributed by atoms with Crippen molar-refractivity contribution in [2.75, 3.05) is 13.1 Å². The Morgan fingerprint density at radius 1 is 1.15 bits per heavy atom. The number of hydrogen-bond donors (Lipinski definition) is 0. The van der Waals surface area contributed by atoms with Gasteiger partial charge >= 0.3 is 0 Å². The summed E-state index contributed by atoms with van der Waals surface area (Å²) in [5.74, 6) is 3.27. The predicted molar refractivity (Wildman–Crippen MR) is 106 cm³/mol. The van der Waals surface area contributed by atoms with Crippen LogP contribution in [0, 0.1) is 32.6 Å². The van der Waals surface area contributed by atoms with E-state index in [1.54, 1.807) is 6.08 Å². The molecule has 4 rings (SSSR count). The molecule has 3 heterocycles. The number of aryl methyl sites for hydroxylation is 2. The third-order valence-corrected chi connectivity index (χ3v) is 6.32. The zero-order valence-corrected chi connectivity index (χ0v) is 16.6. The third kappa shape index (κ3) is 3.60. The van der Waals surface area contributed by atoms with Gasteiger partial charge in [-0.15, -0.1) is 0 Å². The fraction of sp³-hybridized carbons (Fsp3) is 0.545. The first kappa shape index (κ1) is 18.1. The molecule has 0 spiro atoms. The Balaban J connectivity index is 1.47. The lowest BCUT2D eigenvalue weighted by molar-refractivity contribution is -0.128. The number of hydrogen-bond acceptors (Lipinski definition) is 3. The zero-order chi connectivity index (χ0) is 19.0. The monoisotopic (exact) mass is 367 g/mol. The fourth-order valence-electron chi connectivity index (χ4n) is 4.84. The van der Waals surface area contributed by atoms with E-state index >= 15 is 0 Å². The standard InChI is InChI=1S/C22H29N3O2/c1-15-12-19(17(3)25(15)21-13-16(2)27-23-21)8-9-22(26)24-11-10-18-6-4-5-7-20(18)14-24/h8-9,12-13,18,20H,4-7,10-11,14H2,1-3H3/b9-8+/t18-,20-/m1/s1. The van der Waals surface area contributed by atoms with Gasteiger partial charge in [-0.25, -0.2) is 0 Å². The number of carbonyl (C=O) groups excluding carboxylic acids is 1. The SMILES string of the molecule is Cc1cc(-n2c(C)cc(/C=C/C(=O)N3CC[C@H]4CCCC[C@@H]4C3)c2C)no1. The van der Waals surface area contributed by atoms with Gasteiger partial charge in [0.2, 0.25) is 5.91 Å². The molecule has 5 nitrogen and oxygen atoms in total. The average molecular weight is 367 g/mol. The molecule has 0 radical (unpaired) electrons. The summed E-state index contributed by atoms with van der Waals surface area (Å²) in [7, 11) is 0.